The van der Waals surface area contributed by atoms with E-state index in [2.05, 4.69) is 52.1 Å². The van der Waals surface area contributed by atoms with E-state index in [1.165, 1.54) is 0 Å². The van der Waals surface area contributed by atoms with E-state index < -0.39 is 53.1 Å². The monoisotopic (exact) mass is 498 g/mol. The largest absolute Gasteiger partial charge is 3.00 e. The molecule has 12 nitrogen and oxygen atoms in total. The summed E-state index contributed by atoms with van der Waals surface area (Å²) >= 11 is 12.2. The summed E-state index contributed by atoms with van der Waals surface area (Å²) in [7, 11) is 0. The molecule has 0 bridgehead atoms. The summed E-state index contributed by atoms with van der Waals surface area (Å²) in [6.45, 7) is -2.77. The second-order valence-corrected chi connectivity index (χ2v) is 5.08. The Morgan fingerprint density at radius 2 is 0.655 bits per heavy atom. The molecule has 0 aromatic carbocycles. The summed E-state index contributed by atoms with van der Waals surface area (Å²) in [5.41, 5.74) is 0. The van der Waals surface area contributed by atoms with Gasteiger partial charge in [-0.2, -0.15) is 0 Å². The molecule has 0 N–H and O–H groups in total. The molecule has 0 spiro atoms. The van der Waals surface area contributed by atoms with Crippen LogP contribution in [0, 0.1) is 0 Å². The van der Waals surface area contributed by atoms with Crippen LogP contribution in [0.2, 0.25) is 0 Å². The molecule has 0 amide bonds. The van der Waals surface area contributed by atoms with Crippen molar-refractivity contribution in [2.24, 2.45) is 0 Å². The first-order chi connectivity index (χ1) is 12.4. The first-order valence-corrected chi connectivity index (χ1v) is 7.53. The van der Waals surface area contributed by atoms with E-state index in [9.17, 15) is 44.1 Å². The fourth-order valence-corrected chi connectivity index (χ4v) is 0.903. The van der Waals surface area contributed by atoms with Gasteiger partial charge in [-0.25, -0.2) is 0 Å². The Morgan fingerprint density at radius 3 is 0.759 bits per heavy atom. The van der Waals surface area contributed by atoms with Gasteiger partial charge in [0.25, 0.3) is 0 Å². The molecule has 29 heavy (non-hydrogen) atoms. The van der Waals surface area contributed by atoms with Gasteiger partial charge in [0.15, 0.2) is 0 Å². The molecule has 0 aromatic rings. The van der Waals surface area contributed by atoms with Crippen molar-refractivity contribution in [1.82, 2.24) is 0 Å². The molecule has 0 rings (SSSR count). The van der Waals surface area contributed by atoms with Gasteiger partial charge in [0.2, 0.25) is 0 Å². The fourth-order valence-electron chi connectivity index (χ4n) is 0.653. The minimum absolute atomic E-state index is 0. The van der Waals surface area contributed by atoms with Crippen molar-refractivity contribution in [3.05, 3.63) is 0 Å². The van der Waals surface area contributed by atoms with Gasteiger partial charge >= 0.3 is 34.7 Å². The van der Waals surface area contributed by atoms with Gasteiger partial charge in [-0.15, -0.1) is 0 Å². The van der Waals surface area contributed by atoms with Crippen LogP contribution in [0.3, 0.4) is 0 Å². The molecular formula is C12H12Al2O12S3. The second kappa shape index (κ2) is 27.0. The van der Waals surface area contributed by atoms with Gasteiger partial charge in [0.1, 0.15) is 0 Å². The van der Waals surface area contributed by atoms with Gasteiger partial charge in [-0.05, 0) is 0 Å². The molecule has 0 fully saturated rings. The topological polar surface area (TPSA) is 199 Å². The maximum absolute atomic E-state index is 9.90. The number of carboxylic acid groups (broad SMARTS) is 3. The van der Waals surface area contributed by atoms with Crippen molar-refractivity contribution in [2.45, 2.75) is 0 Å². The third kappa shape index (κ3) is 58.4. The zero-order valence-corrected chi connectivity index (χ0v) is 19.3. The number of aliphatic carboxylic acids is 3. The Labute approximate surface area is 203 Å². The maximum atomic E-state index is 9.90. The van der Waals surface area contributed by atoms with E-state index in [0.717, 1.165) is 0 Å². The fraction of sp³-hybridized carbons (Fsp3) is 0.500. The molecule has 0 aromatic heterocycles. The third-order valence-corrected chi connectivity index (χ3v) is 1.67. The minimum Gasteiger partial charge on any atom is -0.740 e. The Bertz CT molecular complexity index is 405. The van der Waals surface area contributed by atoms with Crippen molar-refractivity contribution < 1.29 is 58.3 Å². The molecule has 0 aliphatic rings. The second-order valence-electron chi connectivity index (χ2n) is 3.71. The van der Waals surface area contributed by atoms with Crippen LogP contribution in [0.1, 0.15) is 0 Å². The predicted molar refractivity (Wildman–Crippen MR) is 96.1 cm³/mol. The number of rotatable bonds is 12. The van der Waals surface area contributed by atoms with Crippen LogP contribution in [-0.4, -0.2) is 108 Å². The van der Waals surface area contributed by atoms with Crippen molar-refractivity contribution >= 4 is 106 Å². The molecule has 0 aliphatic carbocycles. The zero-order chi connectivity index (χ0) is 21.8. The Balaban J connectivity index is -0.0000000960. The van der Waals surface area contributed by atoms with Gasteiger partial charge < -0.3 is 96.2 Å². The van der Waals surface area contributed by atoms with Crippen LogP contribution in [-0.2, 0) is 80.9 Å². The van der Waals surface area contributed by atoms with Crippen molar-refractivity contribution in [2.75, 3.05) is 39.6 Å². The van der Waals surface area contributed by atoms with E-state index in [0.29, 0.717) is 0 Å². The third-order valence-electron chi connectivity index (χ3n) is 1.32. The Hall–Kier alpha value is -0.975. The van der Waals surface area contributed by atoms with E-state index in [4.69, 9.17) is 0 Å². The van der Waals surface area contributed by atoms with Crippen LogP contribution in [0.5, 0.6) is 0 Å². The summed E-state index contributed by atoms with van der Waals surface area (Å²) in [5.74, 6) is -4.07. The molecule has 156 valence electrons. The van der Waals surface area contributed by atoms with E-state index >= 15 is 0 Å². The van der Waals surface area contributed by atoms with E-state index in [1.54, 1.807) is 0 Å². The van der Waals surface area contributed by atoms with Crippen LogP contribution < -0.4 is 15.3 Å². The van der Waals surface area contributed by atoms with Crippen molar-refractivity contribution in [1.29, 1.82) is 0 Å². The number of hydrogen-bond donors (Lipinski definition) is 0. The molecule has 17 heteroatoms. The molecule has 0 atom stereocenters. The SMILES string of the molecule is O=C([O-])COCC(=O)[S-].O=C([O-])COCC(=O)[S-].O=C([O-])COCC(=O)[S-].[Al+3].[Al+3]. The number of carbonyl (C=O) groups is 6. The molecule has 0 saturated carbocycles. The molecular weight excluding hydrogens is 486 g/mol. The van der Waals surface area contributed by atoms with Crippen LogP contribution in [0.25, 0.3) is 0 Å². The number of carboxylic acids is 3. The molecule has 0 radical (unpaired) electrons. The summed E-state index contributed by atoms with van der Waals surface area (Å²) in [6.07, 6.45) is 0. The molecule has 0 aliphatic heterocycles. The average Bonchev–Trinajstić information content (AvgIpc) is 2.46. The van der Waals surface area contributed by atoms with Crippen LogP contribution in [0.15, 0.2) is 0 Å². The zero-order valence-electron chi connectivity index (χ0n) is 14.5. The van der Waals surface area contributed by atoms with Crippen LogP contribution in [0.4, 0.5) is 0 Å². The quantitative estimate of drug-likeness (QED) is 0.181. The number of ether oxygens (including phenoxy) is 3. The first kappa shape index (κ1) is 38.6. The van der Waals surface area contributed by atoms with E-state index in [1.807, 2.05) is 0 Å². The smallest absolute Gasteiger partial charge is 0.740 e. The summed E-state index contributed by atoms with van der Waals surface area (Å²) in [5, 5.41) is 27.0. The Kier molecular flexibility index (Phi) is 36.0. The predicted octanol–water partition coefficient (Wildman–Crippen LogP) is -7.28. The Morgan fingerprint density at radius 1 is 0.483 bits per heavy atom. The summed E-state index contributed by atoms with van der Waals surface area (Å²) < 4.78 is 12.7. The van der Waals surface area contributed by atoms with Gasteiger partial charge in [0.05, 0.1) is 57.5 Å². The molecule has 0 heterocycles. The van der Waals surface area contributed by atoms with Crippen molar-refractivity contribution in [3.63, 3.8) is 0 Å². The summed E-state index contributed by atoms with van der Waals surface area (Å²) in [6, 6.07) is 0. The van der Waals surface area contributed by atoms with Crippen molar-refractivity contribution in [3.8, 4) is 0 Å². The first-order valence-electron chi connectivity index (χ1n) is 6.30. The van der Waals surface area contributed by atoms with Gasteiger partial charge in [0, 0.05) is 15.3 Å². The number of hydrogen-bond acceptors (Lipinski definition) is 15. The normalized spacial score (nSPS) is 8.28. The van der Waals surface area contributed by atoms with Gasteiger partial charge in [-0.1, -0.05) is 0 Å². The van der Waals surface area contributed by atoms with Gasteiger partial charge in [-0.3, -0.25) is 0 Å². The summed E-state index contributed by atoms with van der Waals surface area (Å²) in [4.78, 5) is 58.5. The molecule has 0 unspecified atom stereocenters. The maximum Gasteiger partial charge on any atom is 3.00 e. The van der Waals surface area contributed by atoms with E-state index in [-0.39, 0.29) is 54.5 Å². The number of carbonyl (C=O) groups excluding carboxylic acids is 6. The molecule has 0 saturated heterocycles. The minimum atomic E-state index is -1.36. The van der Waals surface area contributed by atoms with Crippen LogP contribution >= 0.6 is 0 Å². The average molecular weight is 498 g/mol. The standard InChI is InChI=1S/3C4H6O4S.2Al/c3*5-3(6)1-8-2-4(7)9;;/h3*1-2H2,(H,5,6)(H,7,9);;/q;;;2*+3/p-6.